The number of carbonyl (C=O) groups is 1. The summed E-state index contributed by atoms with van der Waals surface area (Å²) in [6.07, 6.45) is 3.90. The van der Waals surface area contributed by atoms with E-state index in [0.717, 1.165) is 43.6 Å². The third-order valence-corrected chi connectivity index (χ3v) is 5.81. The van der Waals surface area contributed by atoms with Crippen molar-refractivity contribution in [3.8, 4) is 0 Å². The fourth-order valence-corrected chi connectivity index (χ4v) is 4.18. The van der Waals surface area contributed by atoms with Gasteiger partial charge in [-0.2, -0.15) is 4.99 Å². The lowest BCUT2D eigenvalue weighted by atomic mass is 10.2. The number of benzene rings is 1. The second-order valence-corrected chi connectivity index (χ2v) is 7.61. The van der Waals surface area contributed by atoms with Crippen molar-refractivity contribution in [1.29, 1.82) is 0 Å². The van der Waals surface area contributed by atoms with Crippen LogP contribution < -0.4 is 0 Å². The first-order valence-electron chi connectivity index (χ1n) is 8.84. The molecule has 0 saturated carbocycles. The molecular formula is C20H22N4OS. The SMILES string of the molecule is Cn1cccc1/C=C1\SC(N2CCN(Cc3ccccc3)CC2)=NC1=O. The zero-order valence-corrected chi connectivity index (χ0v) is 15.7. The highest BCUT2D eigenvalue weighted by atomic mass is 32.2. The van der Waals surface area contributed by atoms with Crippen LogP contribution in [0.2, 0.25) is 0 Å². The number of amidine groups is 1. The van der Waals surface area contributed by atoms with Crippen LogP contribution in [0.4, 0.5) is 0 Å². The van der Waals surface area contributed by atoms with Gasteiger partial charge >= 0.3 is 0 Å². The van der Waals surface area contributed by atoms with E-state index in [-0.39, 0.29) is 5.91 Å². The molecule has 0 bridgehead atoms. The smallest absolute Gasteiger partial charge is 0.286 e. The van der Waals surface area contributed by atoms with Gasteiger partial charge in [-0.25, -0.2) is 0 Å². The molecule has 1 fully saturated rings. The summed E-state index contributed by atoms with van der Waals surface area (Å²) < 4.78 is 2.00. The van der Waals surface area contributed by atoms with Crippen LogP contribution in [0.25, 0.3) is 6.08 Å². The molecule has 2 aliphatic heterocycles. The van der Waals surface area contributed by atoms with Gasteiger partial charge in [-0.3, -0.25) is 9.69 Å². The maximum Gasteiger partial charge on any atom is 0.286 e. The minimum atomic E-state index is -0.127. The van der Waals surface area contributed by atoms with Crippen molar-refractivity contribution in [3.05, 3.63) is 64.8 Å². The molecule has 0 unspecified atom stereocenters. The van der Waals surface area contributed by atoms with E-state index in [1.807, 2.05) is 36.0 Å². The van der Waals surface area contributed by atoms with E-state index in [9.17, 15) is 4.79 Å². The summed E-state index contributed by atoms with van der Waals surface area (Å²) in [4.78, 5) is 21.9. The lowest BCUT2D eigenvalue weighted by Gasteiger charge is -2.35. The summed E-state index contributed by atoms with van der Waals surface area (Å²) in [5.74, 6) is -0.127. The molecule has 0 aliphatic carbocycles. The van der Waals surface area contributed by atoms with E-state index in [1.54, 1.807) is 0 Å². The Hall–Kier alpha value is -2.31. The van der Waals surface area contributed by atoms with Crippen molar-refractivity contribution in [3.63, 3.8) is 0 Å². The molecule has 2 aliphatic rings. The van der Waals surface area contributed by atoms with Gasteiger partial charge in [-0.15, -0.1) is 0 Å². The van der Waals surface area contributed by atoms with Gasteiger partial charge in [0.25, 0.3) is 5.91 Å². The van der Waals surface area contributed by atoms with E-state index >= 15 is 0 Å². The molecule has 0 radical (unpaired) electrons. The summed E-state index contributed by atoms with van der Waals surface area (Å²) in [6.45, 7) is 4.76. The predicted molar refractivity (Wildman–Crippen MR) is 107 cm³/mol. The number of piperazine rings is 1. The van der Waals surface area contributed by atoms with Crippen molar-refractivity contribution in [2.24, 2.45) is 12.0 Å². The van der Waals surface area contributed by atoms with Gasteiger partial charge in [0.15, 0.2) is 5.17 Å². The molecular weight excluding hydrogens is 344 g/mol. The van der Waals surface area contributed by atoms with Crippen LogP contribution in [0.1, 0.15) is 11.3 Å². The molecule has 5 nitrogen and oxygen atoms in total. The van der Waals surface area contributed by atoms with Crippen molar-refractivity contribution >= 4 is 28.9 Å². The monoisotopic (exact) mass is 366 g/mol. The number of carbonyl (C=O) groups excluding carboxylic acids is 1. The molecule has 1 aromatic carbocycles. The fraction of sp³-hybridized carbons (Fsp3) is 0.300. The van der Waals surface area contributed by atoms with Gasteiger partial charge in [0.05, 0.1) is 4.91 Å². The topological polar surface area (TPSA) is 40.8 Å². The molecule has 134 valence electrons. The predicted octanol–water partition coefficient (Wildman–Crippen LogP) is 2.81. The molecule has 0 N–H and O–H groups in total. The van der Waals surface area contributed by atoms with E-state index in [4.69, 9.17) is 0 Å². The van der Waals surface area contributed by atoms with Crippen LogP contribution in [0, 0.1) is 0 Å². The van der Waals surface area contributed by atoms with Gasteiger partial charge < -0.3 is 9.47 Å². The highest BCUT2D eigenvalue weighted by Gasteiger charge is 2.28. The van der Waals surface area contributed by atoms with Crippen molar-refractivity contribution in [2.75, 3.05) is 26.2 Å². The molecule has 26 heavy (non-hydrogen) atoms. The average Bonchev–Trinajstić information content (AvgIpc) is 3.23. The lowest BCUT2D eigenvalue weighted by molar-refractivity contribution is -0.113. The Kier molecular flexibility index (Phi) is 4.95. The Bertz CT molecular complexity index is 848. The van der Waals surface area contributed by atoms with Crippen LogP contribution in [-0.2, 0) is 18.4 Å². The highest BCUT2D eigenvalue weighted by Crippen LogP contribution is 2.30. The highest BCUT2D eigenvalue weighted by molar-refractivity contribution is 8.18. The van der Waals surface area contributed by atoms with E-state index < -0.39 is 0 Å². The number of rotatable bonds is 3. The third-order valence-electron chi connectivity index (χ3n) is 4.76. The van der Waals surface area contributed by atoms with Crippen LogP contribution in [0.5, 0.6) is 0 Å². The Morgan fingerprint density at radius 3 is 2.54 bits per heavy atom. The lowest BCUT2D eigenvalue weighted by Crippen LogP contribution is -2.47. The summed E-state index contributed by atoms with van der Waals surface area (Å²) in [6, 6.07) is 14.5. The average molecular weight is 366 g/mol. The van der Waals surface area contributed by atoms with Crippen molar-refractivity contribution in [1.82, 2.24) is 14.4 Å². The van der Waals surface area contributed by atoms with E-state index in [2.05, 4.69) is 45.1 Å². The Balaban J connectivity index is 1.35. The molecule has 0 spiro atoms. The third kappa shape index (κ3) is 3.76. The molecule has 0 atom stereocenters. The maximum absolute atomic E-state index is 12.2. The summed E-state index contributed by atoms with van der Waals surface area (Å²) >= 11 is 1.49. The van der Waals surface area contributed by atoms with Gasteiger partial charge in [0.1, 0.15) is 0 Å². The van der Waals surface area contributed by atoms with Crippen LogP contribution >= 0.6 is 11.8 Å². The standard InChI is InChI=1S/C20H22N4OS/c1-22-9-5-8-17(22)14-18-19(25)21-20(26-18)24-12-10-23(11-13-24)15-16-6-3-2-4-7-16/h2-9,14H,10-13,15H2,1H3/b18-14-. The Morgan fingerprint density at radius 1 is 1.08 bits per heavy atom. The van der Waals surface area contributed by atoms with Gasteiger partial charge in [-0.1, -0.05) is 30.3 Å². The number of aromatic nitrogens is 1. The van der Waals surface area contributed by atoms with Gasteiger partial charge in [-0.05, 0) is 35.5 Å². The summed E-state index contributed by atoms with van der Waals surface area (Å²) in [5.41, 5.74) is 2.36. The first-order chi connectivity index (χ1) is 12.7. The normalized spacial score (nSPS) is 20.0. The molecule has 2 aromatic rings. The first-order valence-corrected chi connectivity index (χ1v) is 9.66. The number of aliphatic imine (C=N–C) groups is 1. The molecule has 4 rings (SSSR count). The number of thioether (sulfide) groups is 1. The molecule has 3 heterocycles. The maximum atomic E-state index is 12.2. The zero-order chi connectivity index (χ0) is 17.9. The number of hydrogen-bond acceptors (Lipinski definition) is 4. The van der Waals surface area contributed by atoms with E-state index in [0.29, 0.717) is 4.91 Å². The van der Waals surface area contributed by atoms with Crippen LogP contribution in [0.3, 0.4) is 0 Å². The second-order valence-electron chi connectivity index (χ2n) is 6.60. The number of nitrogens with zero attached hydrogens (tertiary/aromatic N) is 4. The zero-order valence-electron chi connectivity index (χ0n) is 14.8. The van der Waals surface area contributed by atoms with E-state index in [1.165, 1.54) is 17.3 Å². The first kappa shape index (κ1) is 17.1. The molecule has 1 saturated heterocycles. The molecule has 6 heteroatoms. The second kappa shape index (κ2) is 7.51. The summed E-state index contributed by atoms with van der Waals surface area (Å²) in [7, 11) is 1.98. The minimum Gasteiger partial charge on any atom is -0.351 e. The van der Waals surface area contributed by atoms with Crippen LogP contribution in [-0.4, -0.2) is 51.6 Å². The molecule has 1 amide bonds. The largest absolute Gasteiger partial charge is 0.351 e. The Labute approximate surface area is 158 Å². The minimum absolute atomic E-state index is 0.127. The van der Waals surface area contributed by atoms with Gasteiger partial charge in [0.2, 0.25) is 0 Å². The van der Waals surface area contributed by atoms with Gasteiger partial charge in [0, 0.05) is 51.7 Å². The summed E-state index contributed by atoms with van der Waals surface area (Å²) in [5, 5.41) is 0.842. The van der Waals surface area contributed by atoms with Crippen LogP contribution in [0.15, 0.2) is 58.6 Å². The number of aryl methyl sites for hydroxylation is 1. The Morgan fingerprint density at radius 2 is 1.85 bits per heavy atom. The van der Waals surface area contributed by atoms with Crippen molar-refractivity contribution in [2.45, 2.75) is 6.54 Å². The number of hydrogen-bond donors (Lipinski definition) is 0. The quantitative estimate of drug-likeness (QED) is 0.784. The number of amides is 1. The molecule has 1 aromatic heterocycles. The van der Waals surface area contributed by atoms with Crippen molar-refractivity contribution < 1.29 is 4.79 Å². The fourth-order valence-electron chi connectivity index (χ4n) is 3.23.